The second-order valence-electron chi connectivity index (χ2n) is 6.93. The van der Waals surface area contributed by atoms with Gasteiger partial charge in [0.25, 0.3) is 11.6 Å². The second kappa shape index (κ2) is 8.16. The molecule has 2 aromatic carbocycles. The predicted molar refractivity (Wildman–Crippen MR) is 101 cm³/mol. The molecule has 6 nitrogen and oxygen atoms in total. The molecule has 1 aliphatic rings. The molecule has 1 unspecified atom stereocenters. The topological polar surface area (TPSA) is 75.5 Å². The quantitative estimate of drug-likeness (QED) is 0.639. The smallest absolute Gasteiger partial charge is 0.293 e. The van der Waals surface area contributed by atoms with Gasteiger partial charge in [0.1, 0.15) is 11.5 Å². The Morgan fingerprint density at radius 2 is 2.11 bits per heavy atom. The summed E-state index contributed by atoms with van der Waals surface area (Å²) >= 11 is 0. The fourth-order valence-electron chi connectivity index (χ4n) is 3.41. The zero-order valence-corrected chi connectivity index (χ0v) is 15.2. The van der Waals surface area contributed by atoms with E-state index < -0.39 is 16.6 Å². The van der Waals surface area contributed by atoms with Gasteiger partial charge in [-0.2, -0.15) is 0 Å². The molecular weight excluding hydrogens is 349 g/mol. The van der Waals surface area contributed by atoms with Crippen LogP contribution in [0.2, 0.25) is 0 Å². The highest BCUT2D eigenvalue weighted by atomic mass is 19.1. The molecule has 0 aliphatic carbocycles. The van der Waals surface area contributed by atoms with Crippen molar-refractivity contribution in [1.82, 2.24) is 5.32 Å². The molecule has 1 aliphatic heterocycles. The van der Waals surface area contributed by atoms with Crippen molar-refractivity contribution in [2.24, 2.45) is 5.92 Å². The third kappa shape index (κ3) is 4.42. The summed E-state index contributed by atoms with van der Waals surface area (Å²) in [7, 11) is 0. The van der Waals surface area contributed by atoms with Gasteiger partial charge < -0.3 is 10.2 Å². The molecule has 142 valence electrons. The number of amides is 1. The Labute approximate surface area is 157 Å². The average Bonchev–Trinajstić information content (AvgIpc) is 2.66. The number of hydrogen-bond acceptors (Lipinski definition) is 4. The summed E-state index contributed by atoms with van der Waals surface area (Å²) in [4.78, 5) is 25.5. The molecule has 1 fully saturated rings. The van der Waals surface area contributed by atoms with Crippen molar-refractivity contribution in [1.29, 1.82) is 0 Å². The van der Waals surface area contributed by atoms with Crippen LogP contribution in [0.25, 0.3) is 0 Å². The predicted octanol–water partition coefficient (Wildman–Crippen LogP) is 3.90. The number of anilines is 1. The van der Waals surface area contributed by atoms with E-state index in [1.54, 1.807) is 30.3 Å². The largest absolute Gasteiger partial charge is 0.366 e. The van der Waals surface area contributed by atoms with Gasteiger partial charge in [0.15, 0.2) is 0 Å². The Balaban J connectivity index is 1.78. The number of nitro benzene ring substituents is 1. The minimum Gasteiger partial charge on any atom is -0.366 e. The molecule has 0 aromatic heterocycles. The van der Waals surface area contributed by atoms with Gasteiger partial charge in [-0.05, 0) is 37.0 Å². The monoisotopic (exact) mass is 371 g/mol. The summed E-state index contributed by atoms with van der Waals surface area (Å²) in [5.74, 6) is -0.402. The summed E-state index contributed by atoms with van der Waals surface area (Å²) in [5, 5.41) is 14.2. The lowest BCUT2D eigenvalue weighted by Gasteiger charge is -2.32. The number of nitrogens with zero attached hydrogens (tertiary/aromatic N) is 2. The molecule has 1 atom stereocenters. The number of halogens is 1. The molecule has 27 heavy (non-hydrogen) atoms. The zero-order valence-electron chi connectivity index (χ0n) is 15.2. The van der Waals surface area contributed by atoms with Gasteiger partial charge in [-0.25, -0.2) is 4.39 Å². The molecule has 3 rings (SSSR count). The van der Waals surface area contributed by atoms with Crippen molar-refractivity contribution >= 4 is 17.3 Å². The van der Waals surface area contributed by atoms with E-state index in [0.29, 0.717) is 17.2 Å². The van der Waals surface area contributed by atoms with E-state index in [-0.39, 0.29) is 17.8 Å². The van der Waals surface area contributed by atoms with Gasteiger partial charge in [-0.3, -0.25) is 14.9 Å². The summed E-state index contributed by atoms with van der Waals surface area (Å²) in [6.07, 6.45) is 2.10. The first-order valence-electron chi connectivity index (χ1n) is 9.00. The number of hydrogen-bond donors (Lipinski definition) is 1. The Morgan fingerprint density at radius 3 is 2.81 bits per heavy atom. The van der Waals surface area contributed by atoms with E-state index in [1.165, 1.54) is 12.1 Å². The SMILES string of the molecule is CC1CCCN(c2ccc(C(=O)NCc3ccccc3F)cc2[N+](=O)[O-])C1. The molecule has 0 spiro atoms. The highest BCUT2D eigenvalue weighted by Crippen LogP contribution is 2.32. The molecule has 1 amide bonds. The van der Waals surface area contributed by atoms with E-state index in [1.807, 2.05) is 4.90 Å². The first kappa shape index (κ1) is 18.8. The lowest BCUT2D eigenvalue weighted by atomic mass is 9.99. The molecule has 0 radical (unpaired) electrons. The van der Waals surface area contributed by atoms with Crippen molar-refractivity contribution in [3.63, 3.8) is 0 Å². The fraction of sp³-hybridized carbons (Fsp3) is 0.350. The van der Waals surface area contributed by atoms with E-state index in [0.717, 1.165) is 25.9 Å². The number of nitro groups is 1. The third-order valence-corrected chi connectivity index (χ3v) is 4.83. The number of carbonyl (C=O) groups is 1. The van der Waals surface area contributed by atoms with Gasteiger partial charge in [0, 0.05) is 36.8 Å². The van der Waals surface area contributed by atoms with E-state index in [9.17, 15) is 19.3 Å². The molecule has 2 aromatic rings. The molecule has 1 heterocycles. The van der Waals surface area contributed by atoms with Crippen molar-refractivity contribution < 1.29 is 14.1 Å². The van der Waals surface area contributed by atoms with Crippen LogP contribution in [0.4, 0.5) is 15.8 Å². The van der Waals surface area contributed by atoms with Gasteiger partial charge in [0.2, 0.25) is 0 Å². The standard InChI is InChI=1S/C20H22FN3O3/c1-14-5-4-10-23(13-14)18-9-8-15(11-19(18)24(26)27)20(25)22-12-16-6-2-3-7-17(16)21/h2-3,6-9,11,14H,4-5,10,12-13H2,1H3,(H,22,25). The average molecular weight is 371 g/mol. The van der Waals surface area contributed by atoms with Crippen LogP contribution in [-0.4, -0.2) is 23.9 Å². The van der Waals surface area contributed by atoms with Crippen LogP contribution in [-0.2, 0) is 6.54 Å². The highest BCUT2D eigenvalue weighted by molar-refractivity contribution is 5.95. The molecule has 1 saturated heterocycles. The van der Waals surface area contributed by atoms with Crippen molar-refractivity contribution in [3.05, 3.63) is 69.5 Å². The summed E-state index contributed by atoms with van der Waals surface area (Å²) < 4.78 is 13.7. The highest BCUT2D eigenvalue weighted by Gasteiger charge is 2.25. The zero-order chi connectivity index (χ0) is 19.4. The maximum Gasteiger partial charge on any atom is 0.293 e. The minimum atomic E-state index is -0.472. The van der Waals surface area contributed by atoms with Gasteiger partial charge in [-0.1, -0.05) is 25.1 Å². The van der Waals surface area contributed by atoms with Crippen LogP contribution >= 0.6 is 0 Å². The summed E-state index contributed by atoms with van der Waals surface area (Å²) in [6, 6.07) is 10.7. The number of benzene rings is 2. The molecule has 7 heteroatoms. The summed E-state index contributed by atoms with van der Waals surface area (Å²) in [6.45, 7) is 3.68. The Hall–Kier alpha value is -2.96. The van der Waals surface area contributed by atoms with Crippen LogP contribution in [0.3, 0.4) is 0 Å². The normalized spacial score (nSPS) is 16.8. The maximum atomic E-state index is 13.7. The summed E-state index contributed by atoms with van der Waals surface area (Å²) in [5.41, 5.74) is 1.01. The number of carbonyl (C=O) groups excluding carboxylic acids is 1. The van der Waals surface area contributed by atoms with Crippen molar-refractivity contribution in [3.8, 4) is 0 Å². The van der Waals surface area contributed by atoms with E-state index in [2.05, 4.69) is 12.2 Å². The molecule has 0 bridgehead atoms. The molecular formula is C20H22FN3O3. The lowest BCUT2D eigenvalue weighted by molar-refractivity contribution is -0.384. The number of piperidine rings is 1. The van der Waals surface area contributed by atoms with Crippen molar-refractivity contribution in [2.45, 2.75) is 26.3 Å². The van der Waals surface area contributed by atoms with E-state index in [4.69, 9.17) is 0 Å². The molecule has 0 saturated carbocycles. The third-order valence-electron chi connectivity index (χ3n) is 4.83. The Morgan fingerprint density at radius 1 is 1.33 bits per heavy atom. The molecule has 1 N–H and O–H groups in total. The van der Waals surface area contributed by atoms with Crippen LogP contribution in [0.15, 0.2) is 42.5 Å². The Kier molecular flexibility index (Phi) is 5.69. The maximum absolute atomic E-state index is 13.7. The number of rotatable bonds is 5. The first-order chi connectivity index (χ1) is 13.0. The van der Waals surface area contributed by atoms with Gasteiger partial charge in [-0.15, -0.1) is 0 Å². The minimum absolute atomic E-state index is 0.0185. The second-order valence-corrected chi connectivity index (χ2v) is 6.93. The van der Waals surface area contributed by atoms with E-state index >= 15 is 0 Å². The lowest BCUT2D eigenvalue weighted by Crippen LogP contribution is -2.34. The van der Waals surface area contributed by atoms with Crippen LogP contribution in [0.1, 0.15) is 35.7 Å². The van der Waals surface area contributed by atoms with Gasteiger partial charge in [0.05, 0.1) is 4.92 Å². The Bertz CT molecular complexity index is 856. The van der Waals surface area contributed by atoms with Crippen molar-refractivity contribution in [2.75, 3.05) is 18.0 Å². The van der Waals surface area contributed by atoms with Gasteiger partial charge >= 0.3 is 0 Å². The fourth-order valence-corrected chi connectivity index (χ4v) is 3.41. The first-order valence-corrected chi connectivity index (χ1v) is 9.00. The van der Waals surface area contributed by atoms with Crippen LogP contribution in [0.5, 0.6) is 0 Å². The number of nitrogens with one attached hydrogen (secondary N) is 1. The van der Waals surface area contributed by atoms with Crippen LogP contribution < -0.4 is 10.2 Å². The van der Waals surface area contributed by atoms with Crippen LogP contribution in [0, 0.1) is 21.8 Å².